The summed E-state index contributed by atoms with van der Waals surface area (Å²) in [6.45, 7) is 2.23. The predicted octanol–water partition coefficient (Wildman–Crippen LogP) is 5.84. The zero-order valence-electron chi connectivity index (χ0n) is 17.3. The van der Waals surface area contributed by atoms with Crippen LogP contribution in [0.3, 0.4) is 0 Å². The number of halogens is 1. The molecule has 1 aliphatic rings. The van der Waals surface area contributed by atoms with E-state index in [4.69, 9.17) is 4.42 Å². The van der Waals surface area contributed by atoms with Gasteiger partial charge in [-0.2, -0.15) is 0 Å². The van der Waals surface area contributed by atoms with Gasteiger partial charge in [0.2, 0.25) is 0 Å². The maximum atomic E-state index is 13.1. The summed E-state index contributed by atoms with van der Waals surface area (Å²) in [5.74, 6) is 0.946. The Morgan fingerprint density at radius 1 is 1.17 bits per heavy atom. The first-order valence-corrected chi connectivity index (χ1v) is 11.9. The molecule has 0 aliphatic heterocycles. The predicted molar refractivity (Wildman–Crippen MR) is 121 cm³/mol. The van der Waals surface area contributed by atoms with Crippen LogP contribution < -0.4 is 11.1 Å². The molecule has 1 unspecified atom stereocenters. The minimum absolute atomic E-state index is 0.183. The van der Waals surface area contributed by atoms with Crippen LogP contribution in [0.5, 0.6) is 0 Å². The Kier molecular flexibility index (Phi) is 6.95. The summed E-state index contributed by atoms with van der Waals surface area (Å²) in [4.78, 5) is 15.2. The van der Waals surface area contributed by atoms with Gasteiger partial charge in [0.25, 0.3) is 0 Å². The minimum atomic E-state index is -0.393. The Hall–Kier alpha value is -2.05. The van der Waals surface area contributed by atoms with Crippen molar-refractivity contribution >= 4 is 22.9 Å². The summed E-state index contributed by atoms with van der Waals surface area (Å²) in [6.07, 6.45) is 6.89. The number of benzene rings is 2. The molecule has 4 rings (SSSR count). The Morgan fingerprint density at radius 2 is 1.93 bits per heavy atom. The zero-order valence-corrected chi connectivity index (χ0v) is 18.1. The molecule has 1 saturated carbocycles. The van der Waals surface area contributed by atoms with Crippen LogP contribution in [0.1, 0.15) is 56.9 Å². The number of thioether (sulfide) groups is 1. The summed E-state index contributed by atoms with van der Waals surface area (Å²) in [5.41, 5.74) is 2.68. The number of rotatable bonds is 8. The maximum Gasteiger partial charge on any atom is 0.417 e. The average Bonchev–Trinajstić information content (AvgIpc) is 3.13. The second-order valence-corrected chi connectivity index (χ2v) is 9.33. The van der Waals surface area contributed by atoms with Crippen molar-refractivity contribution in [3.8, 4) is 0 Å². The van der Waals surface area contributed by atoms with E-state index in [0.29, 0.717) is 23.6 Å². The molecule has 30 heavy (non-hydrogen) atoms. The van der Waals surface area contributed by atoms with Crippen molar-refractivity contribution in [2.75, 3.05) is 5.75 Å². The summed E-state index contributed by atoms with van der Waals surface area (Å²) in [6, 6.07) is 13.9. The zero-order chi connectivity index (χ0) is 20.9. The second-order valence-electron chi connectivity index (χ2n) is 8.24. The lowest BCUT2D eigenvalue weighted by atomic mass is 9.81. The molecule has 1 aromatic heterocycles. The van der Waals surface area contributed by atoms with Crippen LogP contribution >= 0.6 is 11.8 Å². The number of hydrogen-bond acceptors (Lipinski definition) is 4. The molecular formula is C24H29FN2O2S. The van der Waals surface area contributed by atoms with Gasteiger partial charge in [0.1, 0.15) is 5.82 Å². The highest BCUT2D eigenvalue weighted by molar-refractivity contribution is 7.99. The first-order chi connectivity index (χ1) is 14.6. The number of hydrogen-bond donors (Lipinski definition) is 2. The lowest BCUT2D eigenvalue weighted by Crippen LogP contribution is -2.41. The third-order valence-electron chi connectivity index (χ3n) is 6.02. The van der Waals surface area contributed by atoms with E-state index in [1.165, 1.54) is 17.7 Å². The van der Waals surface area contributed by atoms with E-state index in [-0.39, 0.29) is 5.82 Å². The number of aromatic nitrogens is 1. The van der Waals surface area contributed by atoms with E-state index in [0.717, 1.165) is 54.7 Å². The molecule has 1 aliphatic carbocycles. The van der Waals surface area contributed by atoms with Crippen LogP contribution in [0, 0.1) is 5.82 Å². The molecule has 2 N–H and O–H groups in total. The number of nitrogens with one attached hydrogen (secondary N) is 2. The van der Waals surface area contributed by atoms with Gasteiger partial charge < -0.3 is 9.73 Å². The second kappa shape index (κ2) is 9.84. The van der Waals surface area contributed by atoms with Gasteiger partial charge in [0.05, 0.1) is 5.52 Å². The van der Waals surface area contributed by atoms with Crippen molar-refractivity contribution in [2.45, 2.75) is 68.3 Å². The molecule has 2 aromatic carbocycles. The molecule has 0 radical (unpaired) electrons. The quantitative estimate of drug-likeness (QED) is 0.443. The molecular weight excluding hydrogens is 399 g/mol. The number of aromatic amines is 1. The van der Waals surface area contributed by atoms with Crippen LogP contribution in [0.4, 0.5) is 4.39 Å². The van der Waals surface area contributed by atoms with Crippen LogP contribution in [0.2, 0.25) is 0 Å². The Bertz CT molecular complexity index is 1010. The molecule has 0 saturated heterocycles. The molecule has 6 heteroatoms. The highest BCUT2D eigenvalue weighted by Crippen LogP contribution is 2.34. The largest absolute Gasteiger partial charge is 0.417 e. The third kappa shape index (κ3) is 5.35. The van der Waals surface area contributed by atoms with Crippen molar-refractivity contribution < 1.29 is 8.81 Å². The Labute approximate surface area is 180 Å². The van der Waals surface area contributed by atoms with Gasteiger partial charge >= 0.3 is 5.76 Å². The van der Waals surface area contributed by atoms with Crippen molar-refractivity contribution in [1.82, 2.24) is 10.3 Å². The molecule has 160 valence electrons. The van der Waals surface area contributed by atoms with Crippen molar-refractivity contribution in [1.29, 1.82) is 0 Å². The molecule has 0 bridgehead atoms. The molecule has 4 nitrogen and oxygen atoms in total. The molecule has 3 aromatic rings. The monoisotopic (exact) mass is 428 g/mol. The van der Waals surface area contributed by atoms with E-state index >= 15 is 0 Å². The average molecular weight is 429 g/mol. The van der Waals surface area contributed by atoms with E-state index in [1.54, 1.807) is 11.8 Å². The van der Waals surface area contributed by atoms with Gasteiger partial charge in [-0.05, 0) is 80.0 Å². The molecule has 1 heterocycles. The van der Waals surface area contributed by atoms with Gasteiger partial charge in [-0.1, -0.05) is 19.4 Å². The third-order valence-corrected chi connectivity index (χ3v) is 7.19. The maximum absolute atomic E-state index is 13.1. The molecule has 1 fully saturated rings. The van der Waals surface area contributed by atoms with Crippen molar-refractivity contribution in [3.05, 3.63) is 64.4 Å². The van der Waals surface area contributed by atoms with E-state index in [2.05, 4.69) is 23.3 Å². The fourth-order valence-electron chi connectivity index (χ4n) is 4.43. The lowest BCUT2D eigenvalue weighted by Gasteiger charge is -2.32. The first-order valence-electron chi connectivity index (χ1n) is 10.9. The summed E-state index contributed by atoms with van der Waals surface area (Å²) in [5, 5.41) is 3.88. The van der Waals surface area contributed by atoms with E-state index in [1.807, 2.05) is 24.3 Å². The minimum Gasteiger partial charge on any atom is -0.408 e. The molecule has 0 amide bonds. The number of fused-ring (bicyclic) bond motifs is 1. The number of H-pyrrole nitrogens is 1. The van der Waals surface area contributed by atoms with E-state index in [9.17, 15) is 9.18 Å². The van der Waals surface area contributed by atoms with Gasteiger partial charge in [0, 0.05) is 22.7 Å². The highest BCUT2D eigenvalue weighted by atomic mass is 32.2. The number of oxazole rings is 1. The molecule has 1 atom stereocenters. The topological polar surface area (TPSA) is 58.0 Å². The Morgan fingerprint density at radius 3 is 2.67 bits per heavy atom. The van der Waals surface area contributed by atoms with Crippen molar-refractivity contribution in [3.63, 3.8) is 0 Å². The van der Waals surface area contributed by atoms with E-state index < -0.39 is 5.76 Å². The fourth-order valence-corrected chi connectivity index (χ4v) is 5.42. The summed E-state index contributed by atoms with van der Waals surface area (Å²) < 4.78 is 18.3. The Balaban J connectivity index is 1.30. The lowest BCUT2D eigenvalue weighted by molar-refractivity contribution is 0.315. The first kappa shape index (κ1) is 21.2. The van der Waals surface area contributed by atoms with Gasteiger partial charge in [-0.3, -0.25) is 4.98 Å². The SMILES string of the molecule is CCCC(CSc1ccc(F)cc1)NC1CCC(c2ccc3[nH]c(=O)oc3c2)CC1. The van der Waals surface area contributed by atoms with Crippen LogP contribution in [-0.4, -0.2) is 22.8 Å². The van der Waals surface area contributed by atoms with Crippen LogP contribution in [-0.2, 0) is 0 Å². The fraction of sp³-hybridized carbons (Fsp3) is 0.458. The highest BCUT2D eigenvalue weighted by Gasteiger charge is 2.24. The van der Waals surface area contributed by atoms with Gasteiger partial charge in [-0.15, -0.1) is 11.8 Å². The van der Waals surface area contributed by atoms with Gasteiger partial charge in [-0.25, -0.2) is 9.18 Å². The van der Waals surface area contributed by atoms with Crippen LogP contribution in [0.25, 0.3) is 11.1 Å². The van der Waals surface area contributed by atoms with Crippen molar-refractivity contribution in [2.24, 2.45) is 0 Å². The van der Waals surface area contributed by atoms with Crippen LogP contribution in [0.15, 0.2) is 56.6 Å². The standard InChI is InChI=1S/C24H29FN2O2S/c1-2-3-20(15-30-21-11-7-18(25)8-12-21)26-19-9-4-16(5-10-19)17-6-13-22-23(14-17)29-24(28)27-22/h6-8,11-14,16,19-20,26H,2-5,9-10,15H2,1H3,(H,27,28). The van der Waals surface area contributed by atoms with Gasteiger partial charge in [0.15, 0.2) is 5.58 Å². The summed E-state index contributed by atoms with van der Waals surface area (Å²) >= 11 is 1.80. The smallest absolute Gasteiger partial charge is 0.408 e. The molecule has 0 spiro atoms. The summed E-state index contributed by atoms with van der Waals surface area (Å²) in [7, 11) is 0. The normalized spacial score (nSPS) is 20.5.